The van der Waals surface area contributed by atoms with Crippen molar-refractivity contribution in [1.29, 1.82) is 0 Å². The van der Waals surface area contributed by atoms with Gasteiger partial charge in [0.15, 0.2) is 17.6 Å². The van der Waals surface area contributed by atoms with E-state index in [9.17, 15) is 8.78 Å². The van der Waals surface area contributed by atoms with Crippen molar-refractivity contribution in [2.45, 2.75) is 32.2 Å². The third-order valence-corrected chi connectivity index (χ3v) is 4.97. The van der Waals surface area contributed by atoms with Crippen molar-refractivity contribution in [2.75, 3.05) is 45.9 Å². The molecule has 0 radical (unpaired) electrons. The lowest BCUT2D eigenvalue weighted by Gasteiger charge is -2.25. The number of likely N-dealkylation sites (tertiary alicyclic amines) is 2. The van der Waals surface area contributed by atoms with Gasteiger partial charge in [-0.25, -0.2) is 13.8 Å². The summed E-state index contributed by atoms with van der Waals surface area (Å²) in [4.78, 5) is 9.53. The van der Waals surface area contributed by atoms with Gasteiger partial charge in [-0.2, -0.15) is 0 Å². The van der Waals surface area contributed by atoms with Gasteiger partial charge in [0, 0.05) is 31.7 Å². The normalized spacial score (nSPS) is 20.6. The molecule has 2 saturated heterocycles. The number of guanidine groups is 1. The zero-order valence-corrected chi connectivity index (χ0v) is 18.1. The van der Waals surface area contributed by atoms with E-state index in [1.807, 2.05) is 0 Å². The van der Waals surface area contributed by atoms with Crippen molar-refractivity contribution < 1.29 is 13.5 Å². The molecule has 0 amide bonds. The molecule has 3 rings (SSSR count). The van der Waals surface area contributed by atoms with Crippen LogP contribution in [0.2, 0.25) is 0 Å². The van der Waals surface area contributed by atoms with Crippen LogP contribution in [0.25, 0.3) is 0 Å². The minimum absolute atomic E-state index is 0. The summed E-state index contributed by atoms with van der Waals surface area (Å²) < 4.78 is 31.6. The SMILES string of the molecule is CCNC(=NCCOc1ccc(F)c(F)c1)N1CCC(N2CCCC2)C1.I. The van der Waals surface area contributed by atoms with Crippen LogP contribution in [0.5, 0.6) is 5.75 Å². The number of rotatable bonds is 6. The third-order valence-electron chi connectivity index (χ3n) is 4.97. The molecule has 1 atom stereocenters. The predicted octanol–water partition coefficient (Wildman–Crippen LogP) is 3.10. The number of hydrogen-bond donors (Lipinski definition) is 1. The van der Waals surface area contributed by atoms with Crippen LogP contribution in [0.3, 0.4) is 0 Å². The number of nitrogens with zero attached hydrogens (tertiary/aromatic N) is 3. The molecule has 0 saturated carbocycles. The molecule has 1 aromatic carbocycles. The Morgan fingerprint density at radius 2 is 2.00 bits per heavy atom. The van der Waals surface area contributed by atoms with Gasteiger partial charge >= 0.3 is 0 Å². The van der Waals surface area contributed by atoms with Crippen molar-refractivity contribution in [3.8, 4) is 5.75 Å². The van der Waals surface area contributed by atoms with Gasteiger partial charge in [-0.3, -0.25) is 4.90 Å². The minimum atomic E-state index is -0.899. The van der Waals surface area contributed by atoms with Gasteiger partial charge in [-0.05, 0) is 51.4 Å². The zero-order valence-electron chi connectivity index (χ0n) is 15.8. The fourth-order valence-electron chi connectivity index (χ4n) is 3.65. The lowest BCUT2D eigenvalue weighted by Crippen LogP contribution is -2.42. The Balaban J connectivity index is 0.00000261. The van der Waals surface area contributed by atoms with E-state index in [0.717, 1.165) is 37.7 Å². The van der Waals surface area contributed by atoms with Gasteiger partial charge in [-0.15, -0.1) is 24.0 Å². The summed E-state index contributed by atoms with van der Waals surface area (Å²) >= 11 is 0. The van der Waals surface area contributed by atoms with E-state index in [0.29, 0.717) is 24.9 Å². The summed E-state index contributed by atoms with van der Waals surface area (Å²) in [6.45, 7) is 8.11. The van der Waals surface area contributed by atoms with E-state index < -0.39 is 11.6 Å². The monoisotopic (exact) mass is 494 g/mol. The molecule has 0 aliphatic carbocycles. The first-order valence-corrected chi connectivity index (χ1v) is 9.52. The molecule has 152 valence electrons. The van der Waals surface area contributed by atoms with Crippen LogP contribution in [-0.4, -0.2) is 67.7 Å². The van der Waals surface area contributed by atoms with Crippen LogP contribution < -0.4 is 10.1 Å². The van der Waals surface area contributed by atoms with E-state index in [1.54, 1.807) is 0 Å². The summed E-state index contributed by atoms with van der Waals surface area (Å²) in [6, 6.07) is 4.18. The molecule has 8 heteroatoms. The summed E-state index contributed by atoms with van der Waals surface area (Å²) in [5.41, 5.74) is 0. The van der Waals surface area contributed by atoms with Gasteiger partial charge in [0.1, 0.15) is 12.4 Å². The third kappa shape index (κ3) is 6.17. The summed E-state index contributed by atoms with van der Waals surface area (Å²) in [6.07, 6.45) is 3.80. The molecule has 2 fully saturated rings. The number of nitrogens with one attached hydrogen (secondary N) is 1. The lowest BCUT2D eigenvalue weighted by atomic mass is 10.2. The molecule has 27 heavy (non-hydrogen) atoms. The quantitative estimate of drug-likeness (QED) is 0.286. The number of hydrogen-bond acceptors (Lipinski definition) is 3. The first kappa shape index (κ1) is 22.1. The molecular formula is C19H29F2IN4O. The van der Waals surface area contributed by atoms with E-state index in [1.165, 1.54) is 38.4 Å². The van der Waals surface area contributed by atoms with Crippen LogP contribution >= 0.6 is 24.0 Å². The van der Waals surface area contributed by atoms with Crippen molar-refractivity contribution in [3.05, 3.63) is 29.8 Å². The van der Waals surface area contributed by atoms with E-state index in [-0.39, 0.29) is 24.0 Å². The maximum atomic E-state index is 13.2. The summed E-state index contributed by atoms with van der Waals surface area (Å²) in [5, 5.41) is 3.34. The average Bonchev–Trinajstić information content (AvgIpc) is 3.32. The lowest BCUT2D eigenvalue weighted by molar-refractivity contribution is 0.249. The fraction of sp³-hybridized carbons (Fsp3) is 0.632. The number of aliphatic imine (C=N–C) groups is 1. The minimum Gasteiger partial charge on any atom is -0.492 e. The van der Waals surface area contributed by atoms with Crippen LogP contribution in [0.4, 0.5) is 8.78 Å². The van der Waals surface area contributed by atoms with Crippen molar-refractivity contribution in [2.24, 2.45) is 4.99 Å². The Labute approximate surface area is 177 Å². The highest BCUT2D eigenvalue weighted by Crippen LogP contribution is 2.20. The summed E-state index contributed by atoms with van der Waals surface area (Å²) in [7, 11) is 0. The Hall–Kier alpha value is -1.16. The number of halogens is 3. The molecule has 1 aromatic rings. The van der Waals surface area contributed by atoms with Crippen molar-refractivity contribution in [3.63, 3.8) is 0 Å². The zero-order chi connectivity index (χ0) is 18.4. The van der Waals surface area contributed by atoms with Gasteiger partial charge in [0.2, 0.25) is 0 Å². The second kappa shape index (κ2) is 11.0. The Bertz CT molecular complexity index is 626. The Kier molecular flexibility index (Phi) is 9.01. The van der Waals surface area contributed by atoms with E-state index >= 15 is 0 Å². The van der Waals surface area contributed by atoms with Gasteiger partial charge in [0.05, 0.1) is 6.54 Å². The predicted molar refractivity (Wildman–Crippen MR) is 114 cm³/mol. The second-order valence-electron chi connectivity index (χ2n) is 6.79. The van der Waals surface area contributed by atoms with Gasteiger partial charge < -0.3 is 15.0 Å². The van der Waals surface area contributed by atoms with Gasteiger partial charge in [-0.1, -0.05) is 0 Å². The number of ether oxygens (including phenoxy) is 1. The first-order valence-electron chi connectivity index (χ1n) is 9.52. The number of benzene rings is 1. The van der Waals surface area contributed by atoms with E-state index in [2.05, 4.69) is 27.0 Å². The van der Waals surface area contributed by atoms with Crippen molar-refractivity contribution in [1.82, 2.24) is 15.1 Å². The first-order chi connectivity index (χ1) is 12.7. The van der Waals surface area contributed by atoms with E-state index in [4.69, 9.17) is 4.74 Å². The maximum Gasteiger partial charge on any atom is 0.194 e. The summed E-state index contributed by atoms with van der Waals surface area (Å²) in [5.74, 6) is -0.543. The molecular weight excluding hydrogens is 465 g/mol. The van der Waals surface area contributed by atoms with Gasteiger partial charge in [0.25, 0.3) is 0 Å². The molecule has 0 bridgehead atoms. The van der Waals surface area contributed by atoms with Crippen LogP contribution in [0, 0.1) is 11.6 Å². The molecule has 1 N–H and O–H groups in total. The molecule has 1 unspecified atom stereocenters. The molecule has 2 heterocycles. The average molecular weight is 494 g/mol. The second-order valence-corrected chi connectivity index (χ2v) is 6.79. The van der Waals surface area contributed by atoms with Crippen LogP contribution in [0.15, 0.2) is 23.2 Å². The van der Waals surface area contributed by atoms with Crippen LogP contribution in [-0.2, 0) is 0 Å². The molecule has 2 aliphatic rings. The molecule has 0 spiro atoms. The Morgan fingerprint density at radius 1 is 1.22 bits per heavy atom. The smallest absolute Gasteiger partial charge is 0.194 e. The topological polar surface area (TPSA) is 40.1 Å². The highest BCUT2D eigenvalue weighted by Gasteiger charge is 2.30. The largest absolute Gasteiger partial charge is 0.492 e. The highest BCUT2D eigenvalue weighted by molar-refractivity contribution is 14.0. The highest BCUT2D eigenvalue weighted by atomic mass is 127. The fourth-order valence-corrected chi connectivity index (χ4v) is 3.65. The Morgan fingerprint density at radius 3 is 2.70 bits per heavy atom. The maximum absolute atomic E-state index is 13.2. The molecule has 2 aliphatic heterocycles. The van der Waals surface area contributed by atoms with Crippen molar-refractivity contribution >= 4 is 29.9 Å². The van der Waals surface area contributed by atoms with Crippen LogP contribution in [0.1, 0.15) is 26.2 Å². The molecule has 5 nitrogen and oxygen atoms in total. The molecule has 0 aromatic heterocycles. The standard InChI is InChI=1S/C19H28F2N4O.HI/c1-2-22-19(25-11-7-15(14-25)24-9-3-4-10-24)23-8-12-26-16-5-6-17(20)18(21)13-16;/h5-6,13,15H,2-4,7-12,14H2,1H3,(H,22,23);1H.